The lowest BCUT2D eigenvalue weighted by molar-refractivity contribution is -0.120. The van der Waals surface area contributed by atoms with E-state index >= 15 is 0 Å². The fourth-order valence-corrected chi connectivity index (χ4v) is 4.04. The molecule has 2 rings (SSSR count). The van der Waals surface area contributed by atoms with Crippen LogP contribution in [0.25, 0.3) is 0 Å². The number of sulfone groups is 1. The van der Waals surface area contributed by atoms with Crippen LogP contribution in [0.15, 0.2) is 23.1 Å². The van der Waals surface area contributed by atoms with E-state index < -0.39 is 9.84 Å². The number of Topliss-reactive ketones (excluding diaryl/α,β-unsaturated/α-hetero) is 1. The number of ketones is 1. The van der Waals surface area contributed by atoms with Crippen LogP contribution in [-0.4, -0.2) is 20.0 Å². The van der Waals surface area contributed by atoms with Gasteiger partial charge in [-0.25, -0.2) is 8.42 Å². The third-order valence-corrected chi connectivity index (χ3v) is 5.90. The summed E-state index contributed by atoms with van der Waals surface area (Å²) in [5, 5.41) is 0.547. The topological polar surface area (TPSA) is 51.2 Å². The first kappa shape index (κ1) is 14.8. The van der Waals surface area contributed by atoms with E-state index in [1.165, 1.54) is 18.2 Å². The number of rotatable bonds is 4. The molecule has 1 aromatic rings. The highest BCUT2D eigenvalue weighted by Gasteiger charge is 2.26. The minimum absolute atomic E-state index is 0.0264. The summed E-state index contributed by atoms with van der Waals surface area (Å²) in [4.78, 5) is 11.7. The average molecular weight is 321 g/mol. The molecule has 0 amide bonds. The van der Waals surface area contributed by atoms with Gasteiger partial charge < -0.3 is 0 Å². The maximum atomic E-state index is 12.1. The second-order valence-corrected chi connectivity index (χ2v) is 7.66. The fourth-order valence-electron chi connectivity index (χ4n) is 2.28. The number of hydrogen-bond acceptors (Lipinski definition) is 3. The highest BCUT2D eigenvalue weighted by molar-refractivity contribution is 7.91. The molecular formula is C13H14Cl2O3S. The van der Waals surface area contributed by atoms with Crippen molar-refractivity contribution in [3.63, 3.8) is 0 Å². The van der Waals surface area contributed by atoms with Gasteiger partial charge in [-0.2, -0.15) is 0 Å². The van der Waals surface area contributed by atoms with Crippen molar-refractivity contribution in [1.82, 2.24) is 0 Å². The van der Waals surface area contributed by atoms with Crippen molar-refractivity contribution < 1.29 is 13.2 Å². The van der Waals surface area contributed by atoms with E-state index in [1.807, 2.05) is 0 Å². The Hall–Kier alpha value is -0.580. The van der Waals surface area contributed by atoms with Crippen molar-refractivity contribution in [2.75, 3.05) is 5.75 Å². The molecule has 6 heteroatoms. The van der Waals surface area contributed by atoms with Crippen LogP contribution in [-0.2, 0) is 14.6 Å². The molecule has 3 nitrogen and oxygen atoms in total. The maximum absolute atomic E-state index is 12.1. The lowest BCUT2D eigenvalue weighted by Crippen LogP contribution is -2.14. The van der Waals surface area contributed by atoms with Gasteiger partial charge in [0.15, 0.2) is 9.84 Å². The third-order valence-electron chi connectivity index (χ3n) is 3.42. The molecule has 104 valence electrons. The van der Waals surface area contributed by atoms with Crippen molar-refractivity contribution in [2.24, 2.45) is 5.92 Å². The van der Waals surface area contributed by atoms with E-state index in [0.717, 1.165) is 12.8 Å². The monoisotopic (exact) mass is 320 g/mol. The first-order chi connectivity index (χ1) is 8.90. The minimum atomic E-state index is -3.41. The van der Waals surface area contributed by atoms with Crippen LogP contribution in [0.4, 0.5) is 0 Å². The van der Waals surface area contributed by atoms with E-state index in [4.69, 9.17) is 23.2 Å². The molecule has 1 aliphatic rings. The van der Waals surface area contributed by atoms with Crippen LogP contribution >= 0.6 is 23.2 Å². The van der Waals surface area contributed by atoms with Crippen LogP contribution in [0.1, 0.15) is 25.7 Å². The second-order valence-electron chi connectivity index (χ2n) is 4.74. The SMILES string of the molecule is O=C1CCCC1CCS(=O)(=O)c1ccc(Cl)c(Cl)c1. The summed E-state index contributed by atoms with van der Waals surface area (Å²) in [6.07, 6.45) is 2.64. The first-order valence-electron chi connectivity index (χ1n) is 6.10. The van der Waals surface area contributed by atoms with Crippen molar-refractivity contribution >= 4 is 38.8 Å². The molecule has 0 heterocycles. The molecular weight excluding hydrogens is 307 g/mol. The number of carbonyl (C=O) groups excluding carboxylic acids is 1. The molecule has 0 saturated heterocycles. The standard InChI is InChI=1S/C13H14Cl2O3S/c14-11-5-4-10(8-12(11)15)19(17,18)7-6-9-2-1-3-13(9)16/h4-5,8-9H,1-3,6-7H2. The number of hydrogen-bond donors (Lipinski definition) is 0. The predicted molar refractivity (Wildman–Crippen MR) is 75.5 cm³/mol. The molecule has 0 radical (unpaired) electrons. The van der Waals surface area contributed by atoms with Crippen LogP contribution in [0.2, 0.25) is 10.0 Å². The van der Waals surface area contributed by atoms with E-state index in [-0.39, 0.29) is 27.4 Å². The third kappa shape index (κ3) is 3.50. The highest BCUT2D eigenvalue weighted by Crippen LogP contribution is 2.28. The Morgan fingerprint density at radius 2 is 1.95 bits per heavy atom. The molecule has 1 unspecified atom stereocenters. The lowest BCUT2D eigenvalue weighted by atomic mass is 10.1. The lowest BCUT2D eigenvalue weighted by Gasteiger charge is -2.09. The molecule has 1 aromatic carbocycles. The van der Waals surface area contributed by atoms with Gasteiger partial charge in [0.1, 0.15) is 5.78 Å². The molecule has 1 aliphatic carbocycles. The largest absolute Gasteiger partial charge is 0.299 e. The molecule has 0 spiro atoms. The van der Waals surface area contributed by atoms with Crippen LogP contribution in [0.5, 0.6) is 0 Å². The quantitative estimate of drug-likeness (QED) is 0.852. The Balaban J connectivity index is 2.09. The summed E-state index contributed by atoms with van der Waals surface area (Å²) in [6.45, 7) is 0. The molecule has 0 aliphatic heterocycles. The smallest absolute Gasteiger partial charge is 0.178 e. The molecule has 1 saturated carbocycles. The zero-order chi connectivity index (χ0) is 14.0. The van der Waals surface area contributed by atoms with Gasteiger partial charge in [0.25, 0.3) is 0 Å². The second kappa shape index (κ2) is 5.81. The molecule has 0 N–H and O–H groups in total. The van der Waals surface area contributed by atoms with Crippen LogP contribution in [0.3, 0.4) is 0 Å². The van der Waals surface area contributed by atoms with E-state index in [1.54, 1.807) is 0 Å². The molecule has 1 atom stereocenters. The zero-order valence-corrected chi connectivity index (χ0v) is 12.6. The van der Waals surface area contributed by atoms with Crippen LogP contribution in [0, 0.1) is 5.92 Å². The highest BCUT2D eigenvalue weighted by atomic mass is 35.5. The number of halogens is 2. The Morgan fingerprint density at radius 1 is 1.21 bits per heavy atom. The normalized spacial score (nSPS) is 19.9. The number of carbonyl (C=O) groups is 1. The van der Waals surface area contributed by atoms with E-state index in [0.29, 0.717) is 17.9 Å². The Labute approximate surface area is 122 Å². The molecule has 19 heavy (non-hydrogen) atoms. The summed E-state index contributed by atoms with van der Waals surface area (Å²) in [7, 11) is -3.41. The average Bonchev–Trinajstić information content (AvgIpc) is 2.76. The number of benzene rings is 1. The Bertz CT molecular complexity index is 596. The van der Waals surface area contributed by atoms with Crippen molar-refractivity contribution in [1.29, 1.82) is 0 Å². The summed E-state index contributed by atoms with van der Waals surface area (Å²) in [5.41, 5.74) is 0. The van der Waals surface area contributed by atoms with Crippen molar-refractivity contribution in [2.45, 2.75) is 30.6 Å². The minimum Gasteiger partial charge on any atom is -0.299 e. The van der Waals surface area contributed by atoms with Gasteiger partial charge in [0.2, 0.25) is 0 Å². The Kier molecular flexibility index (Phi) is 4.54. The summed E-state index contributed by atoms with van der Waals surface area (Å²) >= 11 is 11.6. The van der Waals surface area contributed by atoms with Crippen LogP contribution < -0.4 is 0 Å². The van der Waals surface area contributed by atoms with Gasteiger partial charge in [-0.3, -0.25) is 4.79 Å². The van der Waals surface area contributed by atoms with Gasteiger partial charge >= 0.3 is 0 Å². The summed E-state index contributed by atoms with van der Waals surface area (Å²) in [5.74, 6) is 0.0587. The predicted octanol–water partition coefficient (Wildman–Crippen LogP) is 3.53. The fraction of sp³-hybridized carbons (Fsp3) is 0.462. The van der Waals surface area contributed by atoms with Gasteiger partial charge in [0, 0.05) is 12.3 Å². The van der Waals surface area contributed by atoms with Crippen molar-refractivity contribution in [3.05, 3.63) is 28.2 Å². The molecule has 0 bridgehead atoms. The van der Waals surface area contributed by atoms with E-state index in [2.05, 4.69) is 0 Å². The maximum Gasteiger partial charge on any atom is 0.178 e. The van der Waals surface area contributed by atoms with E-state index in [9.17, 15) is 13.2 Å². The van der Waals surface area contributed by atoms with Gasteiger partial charge in [-0.1, -0.05) is 23.2 Å². The van der Waals surface area contributed by atoms with Gasteiger partial charge in [-0.15, -0.1) is 0 Å². The first-order valence-corrected chi connectivity index (χ1v) is 8.51. The molecule has 0 aromatic heterocycles. The van der Waals surface area contributed by atoms with Gasteiger partial charge in [0.05, 0.1) is 20.7 Å². The van der Waals surface area contributed by atoms with Crippen molar-refractivity contribution in [3.8, 4) is 0 Å². The Morgan fingerprint density at radius 3 is 2.53 bits per heavy atom. The van der Waals surface area contributed by atoms with Gasteiger partial charge in [-0.05, 0) is 37.5 Å². The summed E-state index contributed by atoms with van der Waals surface area (Å²) in [6, 6.07) is 4.27. The summed E-state index contributed by atoms with van der Waals surface area (Å²) < 4.78 is 24.3. The zero-order valence-electron chi connectivity index (χ0n) is 10.2. The molecule has 1 fully saturated rings.